The van der Waals surface area contributed by atoms with E-state index in [2.05, 4.69) is 33.5 Å². The molecular weight excluding hydrogens is 210 g/mol. The first-order valence-corrected chi connectivity index (χ1v) is 6.24. The molecule has 0 fully saturated rings. The van der Waals surface area contributed by atoms with Gasteiger partial charge in [-0.3, -0.25) is 9.97 Å². The second kappa shape index (κ2) is 6.30. The minimum Gasteiger partial charge on any atom is -0.320 e. The number of unbranched alkanes of at least 4 members (excludes halogenated alkanes) is 2. The summed E-state index contributed by atoms with van der Waals surface area (Å²) in [7, 11) is 2.00. The molecule has 0 unspecified atom stereocenters. The Balaban J connectivity index is 1.90. The zero-order chi connectivity index (χ0) is 11.9. The Labute approximate surface area is 102 Å². The first kappa shape index (κ1) is 12.0. The van der Waals surface area contributed by atoms with Crippen molar-refractivity contribution in [1.82, 2.24) is 15.3 Å². The van der Waals surface area contributed by atoms with Crippen molar-refractivity contribution in [2.45, 2.75) is 25.7 Å². The van der Waals surface area contributed by atoms with Gasteiger partial charge in [0.15, 0.2) is 0 Å². The average Bonchev–Trinajstić information content (AvgIpc) is 2.38. The minimum atomic E-state index is 0.978. The number of aryl methyl sites for hydroxylation is 1. The van der Waals surface area contributed by atoms with Crippen LogP contribution in [0.5, 0.6) is 0 Å². The molecule has 1 aromatic heterocycles. The molecule has 0 spiro atoms. The molecular formula is C14H19N3. The largest absolute Gasteiger partial charge is 0.320 e. The smallest absolute Gasteiger partial charge is 0.0889 e. The minimum absolute atomic E-state index is 0.978. The lowest BCUT2D eigenvalue weighted by atomic mass is 10.1. The third kappa shape index (κ3) is 3.49. The molecule has 1 heterocycles. The van der Waals surface area contributed by atoms with Crippen LogP contribution in [0.15, 0.2) is 30.6 Å². The third-order valence-electron chi connectivity index (χ3n) is 2.93. The van der Waals surface area contributed by atoms with Crippen molar-refractivity contribution >= 4 is 11.0 Å². The van der Waals surface area contributed by atoms with Crippen LogP contribution in [0.25, 0.3) is 11.0 Å². The fourth-order valence-electron chi connectivity index (χ4n) is 1.97. The highest BCUT2D eigenvalue weighted by molar-refractivity contribution is 5.74. The number of hydrogen-bond donors (Lipinski definition) is 1. The predicted octanol–water partition coefficient (Wildman–Crippen LogP) is 2.56. The highest BCUT2D eigenvalue weighted by Crippen LogP contribution is 2.13. The van der Waals surface area contributed by atoms with E-state index in [1.807, 2.05) is 7.05 Å². The summed E-state index contributed by atoms with van der Waals surface area (Å²) in [6.07, 6.45) is 8.39. The summed E-state index contributed by atoms with van der Waals surface area (Å²) < 4.78 is 0. The van der Waals surface area contributed by atoms with Gasteiger partial charge < -0.3 is 5.32 Å². The molecule has 0 amide bonds. The zero-order valence-corrected chi connectivity index (χ0v) is 10.3. The second-order valence-electron chi connectivity index (χ2n) is 4.29. The van der Waals surface area contributed by atoms with Gasteiger partial charge in [-0.2, -0.15) is 0 Å². The summed E-state index contributed by atoms with van der Waals surface area (Å²) in [5.41, 5.74) is 3.34. The number of hydrogen-bond acceptors (Lipinski definition) is 3. The number of nitrogens with zero attached hydrogens (tertiary/aromatic N) is 2. The van der Waals surface area contributed by atoms with Crippen LogP contribution in [0.1, 0.15) is 24.8 Å². The van der Waals surface area contributed by atoms with Crippen LogP contribution in [0.4, 0.5) is 0 Å². The molecule has 2 aromatic rings. The van der Waals surface area contributed by atoms with Gasteiger partial charge in [-0.25, -0.2) is 0 Å². The van der Waals surface area contributed by atoms with Crippen LogP contribution in [0.3, 0.4) is 0 Å². The number of rotatable bonds is 6. The second-order valence-corrected chi connectivity index (χ2v) is 4.29. The van der Waals surface area contributed by atoms with Gasteiger partial charge in [-0.1, -0.05) is 12.5 Å². The molecule has 0 radical (unpaired) electrons. The van der Waals surface area contributed by atoms with Crippen LogP contribution < -0.4 is 5.32 Å². The molecule has 0 saturated carbocycles. The van der Waals surface area contributed by atoms with E-state index in [1.165, 1.54) is 24.8 Å². The fourth-order valence-corrected chi connectivity index (χ4v) is 1.97. The zero-order valence-electron chi connectivity index (χ0n) is 10.3. The van der Waals surface area contributed by atoms with Crippen molar-refractivity contribution in [3.8, 4) is 0 Å². The van der Waals surface area contributed by atoms with E-state index < -0.39 is 0 Å². The summed E-state index contributed by atoms with van der Waals surface area (Å²) in [6.45, 7) is 1.11. The van der Waals surface area contributed by atoms with Gasteiger partial charge in [0.05, 0.1) is 11.0 Å². The standard InChI is InChI=1S/C14H19N3/c1-15-8-4-2-3-5-12-6-7-13-14(11-12)17-10-9-16-13/h6-7,9-11,15H,2-5,8H2,1H3. The monoisotopic (exact) mass is 229 g/mol. The number of fused-ring (bicyclic) bond motifs is 1. The van der Waals surface area contributed by atoms with Crippen molar-refractivity contribution in [3.05, 3.63) is 36.2 Å². The summed E-state index contributed by atoms with van der Waals surface area (Å²) in [5.74, 6) is 0. The Bertz CT molecular complexity index is 468. The molecule has 0 aliphatic rings. The SMILES string of the molecule is CNCCCCCc1ccc2nccnc2c1. The molecule has 0 bridgehead atoms. The van der Waals surface area contributed by atoms with Crippen molar-refractivity contribution in [2.24, 2.45) is 0 Å². The number of benzene rings is 1. The fraction of sp³-hybridized carbons (Fsp3) is 0.429. The van der Waals surface area contributed by atoms with Gasteiger partial charge >= 0.3 is 0 Å². The lowest BCUT2D eigenvalue weighted by molar-refractivity contribution is 0.642. The lowest BCUT2D eigenvalue weighted by Crippen LogP contribution is -2.07. The summed E-state index contributed by atoms with van der Waals surface area (Å²) in [5, 5.41) is 3.17. The van der Waals surface area contributed by atoms with E-state index in [0.29, 0.717) is 0 Å². The van der Waals surface area contributed by atoms with Crippen molar-refractivity contribution < 1.29 is 0 Å². The van der Waals surface area contributed by atoms with E-state index in [9.17, 15) is 0 Å². The Morgan fingerprint density at radius 2 is 1.82 bits per heavy atom. The third-order valence-corrected chi connectivity index (χ3v) is 2.93. The molecule has 1 N–H and O–H groups in total. The number of aromatic nitrogens is 2. The molecule has 1 aromatic carbocycles. The molecule has 0 aliphatic carbocycles. The molecule has 0 atom stereocenters. The molecule has 3 heteroatoms. The summed E-state index contributed by atoms with van der Waals surface area (Å²) in [4.78, 5) is 8.60. The van der Waals surface area contributed by atoms with Crippen LogP contribution >= 0.6 is 0 Å². The Hall–Kier alpha value is -1.48. The van der Waals surface area contributed by atoms with E-state index in [1.54, 1.807) is 12.4 Å². The topological polar surface area (TPSA) is 37.8 Å². The average molecular weight is 229 g/mol. The Morgan fingerprint density at radius 3 is 2.65 bits per heavy atom. The summed E-state index contributed by atoms with van der Waals surface area (Å²) in [6, 6.07) is 6.38. The van der Waals surface area contributed by atoms with Crippen molar-refractivity contribution in [1.29, 1.82) is 0 Å². The first-order valence-electron chi connectivity index (χ1n) is 6.24. The maximum Gasteiger partial charge on any atom is 0.0889 e. The van der Waals surface area contributed by atoms with Gasteiger partial charge in [0.2, 0.25) is 0 Å². The van der Waals surface area contributed by atoms with Crippen LogP contribution in [0, 0.1) is 0 Å². The Kier molecular flexibility index (Phi) is 4.45. The van der Waals surface area contributed by atoms with Crippen molar-refractivity contribution in [2.75, 3.05) is 13.6 Å². The van der Waals surface area contributed by atoms with Crippen LogP contribution in [0.2, 0.25) is 0 Å². The normalized spacial score (nSPS) is 10.9. The van der Waals surface area contributed by atoms with Gasteiger partial charge in [0.1, 0.15) is 0 Å². The number of nitrogens with one attached hydrogen (secondary N) is 1. The maximum absolute atomic E-state index is 4.33. The van der Waals surface area contributed by atoms with Crippen LogP contribution in [-0.4, -0.2) is 23.6 Å². The van der Waals surface area contributed by atoms with Gasteiger partial charge in [0, 0.05) is 12.4 Å². The van der Waals surface area contributed by atoms with Gasteiger partial charge in [-0.05, 0) is 50.6 Å². The van der Waals surface area contributed by atoms with E-state index in [0.717, 1.165) is 24.0 Å². The molecule has 3 nitrogen and oxygen atoms in total. The maximum atomic E-state index is 4.33. The molecule has 0 saturated heterocycles. The molecule has 17 heavy (non-hydrogen) atoms. The highest BCUT2D eigenvalue weighted by atomic mass is 14.8. The van der Waals surface area contributed by atoms with E-state index >= 15 is 0 Å². The highest BCUT2D eigenvalue weighted by Gasteiger charge is 1.98. The van der Waals surface area contributed by atoms with Gasteiger partial charge in [0.25, 0.3) is 0 Å². The quantitative estimate of drug-likeness (QED) is 0.774. The van der Waals surface area contributed by atoms with E-state index in [-0.39, 0.29) is 0 Å². The Morgan fingerprint density at radius 1 is 1.00 bits per heavy atom. The predicted molar refractivity (Wildman–Crippen MR) is 71.0 cm³/mol. The summed E-state index contributed by atoms with van der Waals surface area (Å²) >= 11 is 0. The van der Waals surface area contributed by atoms with Crippen LogP contribution in [-0.2, 0) is 6.42 Å². The first-order chi connectivity index (χ1) is 8.40. The molecule has 90 valence electrons. The molecule has 0 aliphatic heterocycles. The molecule has 2 rings (SSSR count). The lowest BCUT2D eigenvalue weighted by Gasteiger charge is -2.03. The van der Waals surface area contributed by atoms with E-state index in [4.69, 9.17) is 0 Å². The van der Waals surface area contributed by atoms with Crippen molar-refractivity contribution in [3.63, 3.8) is 0 Å². The van der Waals surface area contributed by atoms with Gasteiger partial charge in [-0.15, -0.1) is 0 Å².